The fourth-order valence-electron chi connectivity index (χ4n) is 2.67. The molecule has 25 heavy (non-hydrogen) atoms. The molecule has 2 heterocycles. The Morgan fingerprint density at radius 1 is 1.28 bits per heavy atom. The smallest absolute Gasteiger partial charge is 0.329 e. The monoisotopic (exact) mass is 338 g/mol. The van der Waals surface area contributed by atoms with Crippen LogP contribution in [0.15, 0.2) is 48.8 Å². The van der Waals surface area contributed by atoms with Crippen LogP contribution in [0.1, 0.15) is 22.8 Å². The Kier molecular flexibility index (Phi) is 4.74. The number of nitrogens with one attached hydrogen (secondary N) is 2. The van der Waals surface area contributed by atoms with E-state index in [9.17, 15) is 14.4 Å². The quantitative estimate of drug-likeness (QED) is 0.808. The van der Waals surface area contributed by atoms with E-state index in [1.54, 1.807) is 36.7 Å². The van der Waals surface area contributed by atoms with Crippen LogP contribution in [-0.2, 0) is 11.2 Å². The van der Waals surface area contributed by atoms with Crippen LogP contribution in [0.2, 0.25) is 0 Å². The number of nitrogens with zero attached hydrogens (tertiary/aromatic N) is 2. The number of aromatic nitrogens is 1. The summed E-state index contributed by atoms with van der Waals surface area (Å²) >= 11 is 0. The third-order valence-corrected chi connectivity index (χ3v) is 3.88. The van der Waals surface area contributed by atoms with Crippen molar-refractivity contribution >= 4 is 23.5 Å². The zero-order valence-electron chi connectivity index (χ0n) is 13.7. The lowest BCUT2D eigenvalue weighted by molar-refractivity contribution is -0.117. The van der Waals surface area contributed by atoms with Gasteiger partial charge in [0.15, 0.2) is 0 Å². The number of rotatable bonds is 5. The van der Waals surface area contributed by atoms with Gasteiger partial charge >= 0.3 is 6.03 Å². The summed E-state index contributed by atoms with van der Waals surface area (Å²) in [6.07, 6.45) is 4.18. The molecule has 7 nitrogen and oxygen atoms in total. The minimum atomic E-state index is -0.452. The first-order valence-electron chi connectivity index (χ1n) is 7.94. The number of pyridine rings is 1. The Hall–Kier alpha value is -3.22. The average Bonchev–Trinajstić information content (AvgIpc) is 2.94. The summed E-state index contributed by atoms with van der Waals surface area (Å²) in [4.78, 5) is 40.6. The van der Waals surface area contributed by atoms with Crippen molar-refractivity contribution in [1.29, 1.82) is 0 Å². The number of benzene rings is 1. The highest BCUT2D eigenvalue weighted by molar-refractivity contribution is 6.12. The van der Waals surface area contributed by atoms with Gasteiger partial charge in [0.25, 0.3) is 5.91 Å². The normalized spacial score (nSPS) is 15.0. The van der Waals surface area contributed by atoms with E-state index in [4.69, 9.17) is 0 Å². The van der Waals surface area contributed by atoms with Gasteiger partial charge in [0.1, 0.15) is 6.54 Å². The van der Waals surface area contributed by atoms with Crippen LogP contribution >= 0.6 is 0 Å². The van der Waals surface area contributed by atoms with Crippen molar-refractivity contribution < 1.29 is 14.4 Å². The molecule has 0 saturated carbocycles. The van der Waals surface area contributed by atoms with Crippen LogP contribution in [-0.4, -0.2) is 35.4 Å². The van der Waals surface area contributed by atoms with E-state index >= 15 is 0 Å². The summed E-state index contributed by atoms with van der Waals surface area (Å²) in [5.74, 6) is -0.527. The van der Waals surface area contributed by atoms with Crippen LogP contribution in [0.3, 0.4) is 0 Å². The topological polar surface area (TPSA) is 91.4 Å². The first-order valence-corrected chi connectivity index (χ1v) is 7.94. The molecule has 1 fully saturated rings. The highest BCUT2D eigenvalue weighted by Gasteiger charge is 2.27. The molecule has 7 heteroatoms. The predicted octanol–water partition coefficient (Wildman–Crippen LogP) is 1.50. The Morgan fingerprint density at radius 2 is 2.04 bits per heavy atom. The molecule has 1 saturated heterocycles. The Labute approximate surface area is 145 Å². The minimum absolute atomic E-state index is 0.00742. The van der Waals surface area contributed by atoms with Crippen molar-refractivity contribution in [1.82, 2.24) is 15.6 Å². The molecule has 1 aromatic heterocycles. The molecule has 3 rings (SSSR count). The lowest BCUT2D eigenvalue weighted by atomic mass is 10.1. The fraction of sp³-hybridized carbons (Fsp3) is 0.222. The number of carbonyl (C=O) groups excluding carboxylic acids is 3. The molecule has 2 N–H and O–H groups in total. The number of hydrogen-bond donors (Lipinski definition) is 2. The van der Waals surface area contributed by atoms with Gasteiger partial charge in [-0.05, 0) is 49.2 Å². The van der Waals surface area contributed by atoms with Crippen molar-refractivity contribution in [2.75, 3.05) is 11.4 Å². The number of carbonyl (C=O) groups is 3. The van der Waals surface area contributed by atoms with Crippen LogP contribution in [0.5, 0.6) is 0 Å². The van der Waals surface area contributed by atoms with E-state index in [0.717, 1.165) is 5.56 Å². The lowest BCUT2D eigenvalue weighted by Gasteiger charge is -2.15. The number of hydrogen-bond acceptors (Lipinski definition) is 4. The van der Waals surface area contributed by atoms with Crippen LogP contribution in [0.25, 0.3) is 0 Å². The first kappa shape index (κ1) is 16.6. The maximum Gasteiger partial charge on any atom is 0.329 e. The molecule has 0 aliphatic carbocycles. The molecule has 4 amide bonds. The third kappa shape index (κ3) is 4.00. The average molecular weight is 338 g/mol. The summed E-state index contributed by atoms with van der Waals surface area (Å²) in [6.45, 7) is 1.92. The molecule has 1 atom stereocenters. The van der Waals surface area contributed by atoms with Gasteiger partial charge in [0.2, 0.25) is 5.91 Å². The van der Waals surface area contributed by atoms with Crippen molar-refractivity contribution in [3.05, 3.63) is 59.9 Å². The van der Waals surface area contributed by atoms with Gasteiger partial charge in [0, 0.05) is 29.7 Å². The molecule has 1 aromatic carbocycles. The van der Waals surface area contributed by atoms with Gasteiger partial charge in [0.05, 0.1) is 0 Å². The molecular weight excluding hydrogens is 320 g/mol. The number of urea groups is 1. The highest BCUT2D eigenvalue weighted by atomic mass is 16.2. The second-order valence-corrected chi connectivity index (χ2v) is 5.93. The summed E-state index contributed by atoms with van der Waals surface area (Å²) in [6, 6.07) is 9.91. The van der Waals surface area contributed by atoms with Gasteiger partial charge in [-0.1, -0.05) is 6.07 Å². The minimum Gasteiger partial charge on any atom is -0.349 e. The van der Waals surface area contributed by atoms with Gasteiger partial charge in [-0.25, -0.2) is 4.79 Å². The SMILES string of the molecule is C[C@H](Cc1cccnc1)NC(=O)c1ccc(N2CC(=O)NC2=O)cc1. The second kappa shape index (κ2) is 7.12. The van der Waals surface area contributed by atoms with Crippen LogP contribution < -0.4 is 15.5 Å². The second-order valence-electron chi connectivity index (χ2n) is 5.93. The van der Waals surface area contributed by atoms with E-state index in [2.05, 4.69) is 15.6 Å². The number of amides is 4. The molecule has 128 valence electrons. The standard InChI is InChI=1S/C18H18N4O3/c1-12(9-13-3-2-8-19-10-13)20-17(24)14-4-6-15(7-5-14)22-11-16(23)21-18(22)25/h2-8,10,12H,9,11H2,1H3,(H,20,24)(H,21,23,25)/t12-/m1/s1. The lowest BCUT2D eigenvalue weighted by Crippen LogP contribution is -2.34. The molecule has 1 aliphatic rings. The van der Waals surface area contributed by atoms with E-state index in [0.29, 0.717) is 17.7 Å². The maximum atomic E-state index is 12.3. The van der Waals surface area contributed by atoms with Gasteiger partial charge in [-0.15, -0.1) is 0 Å². The van der Waals surface area contributed by atoms with Gasteiger partial charge < -0.3 is 5.32 Å². The number of imide groups is 1. The first-order chi connectivity index (χ1) is 12.0. The molecule has 0 radical (unpaired) electrons. The van der Waals surface area contributed by atoms with Gasteiger partial charge in [-0.3, -0.25) is 24.8 Å². The summed E-state index contributed by atoms with van der Waals surface area (Å²) < 4.78 is 0. The zero-order valence-corrected chi connectivity index (χ0v) is 13.7. The van der Waals surface area contributed by atoms with Crippen LogP contribution in [0, 0.1) is 0 Å². The molecule has 0 bridgehead atoms. The maximum absolute atomic E-state index is 12.3. The van der Waals surface area contributed by atoms with Gasteiger partial charge in [-0.2, -0.15) is 0 Å². The summed E-state index contributed by atoms with van der Waals surface area (Å²) in [5, 5.41) is 5.15. The highest BCUT2D eigenvalue weighted by Crippen LogP contribution is 2.17. The molecule has 0 spiro atoms. The van der Waals surface area contributed by atoms with Crippen LogP contribution in [0.4, 0.5) is 10.5 Å². The number of anilines is 1. The Balaban J connectivity index is 1.61. The largest absolute Gasteiger partial charge is 0.349 e. The summed E-state index contributed by atoms with van der Waals surface area (Å²) in [5.41, 5.74) is 2.12. The fourth-order valence-corrected chi connectivity index (χ4v) is 2.67. The molecule has 0 unspecified atom stereocenters. The Bertz CT molecular complexity index is 790. The van der Waals surface area contributed by atoms with E-state index in [-0.39, 0.29) is 24.4 Å². The predicted molar refractivity (Wildman–Crippen MR) is 92.2 cm³/mol. The summed E-state index contributed by atoms with van der Waals surface area (Å²) in [7, 11) is 0. The van der Waals surface area contributed by atoms with Crippen molar-refractivity contribution in [3.8, 4) is 0 Å². The molecule has 2 aromatic rings. The zero-order chi connectivity index (χ0) is 17.8. The van der Waals surface area contributed by atoms with E-state index in [1.165, 1.54) is 4.90 Å². The van der Waals surface area contributed by atoms with Crippen molar-refractivity contribution in [2.24, 2.45) is 0 Å². The molecule has 1 aliphatic heterocycles. The van der Waals surface area contributed by atoms with Crippen molar-refractivity contribution in [3.63, 3.8) is 0 Å². The molecular formula is C18H18N4O3. The van der Waals surface area contributed by atoms with E-state index in [1.807, 2.05) is 19.1 Å². The third-order valence-electron chi connectivity index (χ3n) is 3.88. The Morgan fingerprint density at radius 3 is 2.64 bits per heavy atom. The van der Waals surface area contributed by atoms with E-state index < -0.39 is 6.03 Å². The van der Waals surface area contributed by atoms with Crippen molar-refractivity contribution in [2.45, 2.75) is 19.4 Å².